The first-order chi connectivity index (χ1) is 12.2. The van der Waals surface area contributed by atoms with Crippen LogP contribution in [-0.2, 0) is 23.8 Å². The molecule has 1 aliphatic heterocycles. The molecule has 140 valence electrons. The third kappa shape index (κ3) is 3.40. The zero-order valence-electron chi connectivity index (χ0n) is 14.4. The molecule has 1 aliphatic rings. The molecule has 0 amide bonds. The van der Waals surface area contributed by atoms with Crippen LogP contribution < -0.4 is 10.6 Å². The van der Waals surface area contributed by atoms with E-state index in [0.29, 0.717) is 10.3 Å². The highest BCUT2D eigenvalue weighted by Crippen LogP contribution is 2.40. The SMILES string of the molecule is CC(=O)OCC1OC(n2c(=O)sc3cnc(N)nc32)C[C@@]1(C)OC(C)=O. The number of aromatic nitrogens is 3. The molecule has 0 aromatic carbocycles. The number of rotatable bonds is 4. The fourth-order valence-electron chi connectivity index (χ4n) is 2.96. The van der Waals surface area contributed by atoms with Crippen LogP contribution in [0.3, 0.4) is 0 Å². The van der Waals surface area contributed by atoms with Gasteiger partial charge in [0.2, 0.25) is 5.95 Å². The highest BCUT2D eigenvalue weighted by Gasteiger charge is 2.50. The molecule has 2 aromatic heterocycles. The van der Waals surface area contributed by atoms with Gasteiger partial charge in [-0.2, -0.15) is 4.98 Å². The number of carbonyl (C=O) groups excluding carboxylic acids is 2. The molecule has 0 bridgehead atoms. The first kappa shape index (κ1) is 18.3. The Balaban J connectivity index is 1.98. The summed E-state index contributed by atoms with van der Waals surface area (Å²) in [6.45, 7) is 4.11. The zero-order valence-corrected chi connectivity index (χ0v) is 15.2. The predicted octanol–water partition coefficient (Wildman–Crippen LogP) is 0.608. The lowest BCUT2D eigenvalue weighted by Gasteiger charge is -2.28. The highest BCUT2D eigenvalue weighted by molar-refractivity contribution is 7.16. The van der Waals surface area contributed by atoms with Crippen LogP contribution in [0.1, 0.15) is 33.4 Å². The fourth-order valence-corrected chi connectivity index (χ4v) is 3.79. The Kier molecular flexibility index (Phi) is 4.67. The summed E-state index contributed by atoms with van der Waals surface area (Å²) >= 11 is 0.962. The topological polar surface area (TPSA) is 136 Å². The summed E-state index contributed by atoms with van der Waals surface area (Å²) in [4.78, 5) is 42.8. The largest absolute Gasteiger partial charge is 0.463 e. The number of hydrogen-bond donors (Lipinski definition) is 1. The molecule has 10 nitrogen and oxygen atoms in total. The molecular formula is C15H18N4O6S. The number of anilines is 1. The molecule has 2 aromatic rings. The zero-order chi connectivity index (χ0) is 19.1. The Morgan fingerprint density at radius 1 is 1.46 bits per heavy atom. The molecule has 2 unspecified atom stereocenters. The molecule has 2 N–H and O–H groups in total. The van der Waals surface area contributed by atoms with Gasteiger partial charge in [-0.1, -0.05) is 11.3 Å². The van der Waals surface area contributed by atoms with Crippen LogP contribution in [0.2, 0.25) is 0 Å². The van der Waals surface area contributed by atoms with Gasteiger partial charge in [-0.3, -0.25) is 19.0 Å². The number of thiazole rings is 1. The Bertz CT molecular complexity index is 924. The predicted molar refractivity (Wildman–Crippen MR) is 91.4 cm³/mol. The van der Waals surface area contributed by atoms with Gasteiger partial charge in [-0.25, -0.2) is 4.98 Å². The molecule has 3 atom stereocenters. The van der Waals surface area contributed by atoms with Gasteiger partial charge in [0.1, 0.15) is 24.5 Å². The van der Waals surface area contributed by atoms with E-state index in [9.17, 15) is 14.4 Å². The van der Waals surface area contributed by atoms with Crippen molar-refractivity contribution in [2.24, 2.45) is 0 Å². The number of carbonyl (C=O) groups is 2. The van der Waals surface area contributed by atoms with Crippen molar-refractivity contribution in [2.45, 2.75) is 45.1 Å². The van der Waals surface area contributed by atoms with Gasteiger partial charge in [-0.05, 0) is 6.92 Å². The van der Waals surface area contributed by atoms with Crippen LogP contribution in [0.25, 0.3) is 10.3 Å². The van der Waals surface area contributed by atoms with E-state index in [2.05, 4.69) is 9.97 Å². The molecule has 3 heterocycles. The second-order valence-corrected chi connectivity index (χ2v) is 7.14. The van der Waals surface area contributed by atoms with Crippen LogP contribution in [0.4, 0.5) is 5.95 Å². The number of nitrogens with zero attached hydrogens (tertiary/aromatic N) is 3. The third-order valence-electron chi connectivity index (χ3n) is 4.06. The van der Waals surface area contributed by atoms with Gasteiger partial charge in [0, 0.05) is 20.3 Å². The van der Waals surface area contributed by atoms with Crippen LogP contribution in [0, 0.1) is 0 Å². The maximum absolute atomic E-state index is 12.4. The van der Waals surface area contributed by atoms with Crippen LogP contribution in [-0.4, -0.2) is 44.8 Å². The monoisotopic (exact) mass is 382 g/mol. The van der Waals surface area contributed by atoms with Gasteiger partial charge in [-0.15, -0.1) is 0 Å². The van der Waals surface area contributed by atoms with Crippen molar-refractivity contribution >= 4 is 39.6 Å². The van der Waals surface area contributed by atoms with E-state index < -0.39 is 29.9 Å². The first-order valence-corrected chi connectivity index (χ1v) is 8.63. The van der Waals surface area contributed by atoms with E-state index in [0.717, 1.165) is 11.3 Å². The molecule has 1 saturated heterocycles. The standard InChI is InChI=1S/C15H18N4O6S/c1-7(20)23-6-10-15(3,25-8(2)21)4-11(24-10)19-12-9(26-14(19)22)5-17-13(16)18-12/h5,10-11H,4,6H2,1-3H3,(H2,16,17,18)/t10?,11?,15-/m1/s1. The Morgan fingerprint density at radius 3 is 2.85 bits per heavy atom. The minimum absolute atomic E-state index is 0.0289. The van der Waals surface area contributed by atoms with E-state index in [1.54, 1.807) is 6.92 Å². The van der Waals surface area contributed by atoms with Crippen LogP contribution in [0.15, 0.2) is 11.0 Å². The van der Waals surface area contributed by atoms with Gasteiger partial charge in [0.25, 0.3) is 0 Å². The molecule has 0 saturated carbocycles. The minimum atomic E-state index is -1.07. The minimum Gasteiger partial charge on any atom is -0.463 e. The van der Waals surface area contributed by atoms with E-state index in [1.807, 2.05) is 0 Å². The van der Waals surface area contributed by atoms with E-state index in [1.165, 1.54) is 24.6 Å². The van der Waals surface area contributed by atoms with Gasteiger partial charge in [0.05, 0.1) is 10.9 Å². The van der Waals surface area contributed by atoms with Gasteiger partial charge in [0.15, 0.2) is 5.65 Å². The van der Waals surface area contributed by atoms with Gasteiger partial charge >= 0.3 is 16.8 Å². The summed E-state index contributed by atoms with van der Waals surface area (Å²) in [7, 11) is 0. The third-order valence-corrected chi connectivity index (χ3v) is 4.94. The lowest BCUT2D eigenvalue weighted by Crippen LogP contribution is -2.42. The quantitative estimate of drug-likeness (QED) is 0.754. The summed E-state index contributed by atoms with van der Waals surface area (Å²) < 4.78 is 18.3. The molecule has 0 aliphatic carbocycles. The average Bonchev–Trinajstić information content (AvgIpc) is 3.00. The van der Waals surface area contributed by atoms with Crippen LogP contribution >= 0.6 is 11.3 Å². The number of nitrogen functional groups attached to an aromatic ring is 1. The highest BCUT2D eigenvalue weighted by atomic mass is 32.1. The number of hydrogen-bond acceptors (Lipinski definition) is 10. The summed E-state index contributed by atoms with van der Waals surface area (Å²) in [6.07, 6.45) is 0.169. The summed E-state index contributed by atoms with van der Waals surface area (Å²) in [5.41, 5.74) is 4.90. The molecule has 11 heteroatoms. The molecule has 1 fully saturated rings. The Hall–Kier alpha value is -2.53. The summed E-state index contributed by atoms with van der Waals surface area (Å²) in [6, 6.07) is 0. The molecule has 26 heavy (non-hydrogen) atoms. The molecular weight excluding hydrogens is 364 g/mol. The second-order valence-electron chi connectivity index (χ2n) is 6.15. The Labute approximate surface area is 151 Å². The van der Waals surface area contributed by atoms with Crippen molar-refractivity contribution in [1.29, 1.82) is 0 Å². The average molecular weight is 382 g/mol. The van der Waals surface area contributed by atoms with Crippen molar-refractivity contribution < 1.29 is 23.8 Å². The van der Waals surface area contributed by atoms with Crippen molar-refractivity contribution in [3.8, 4) is 0 Å². The molecule has 0 spiro atoms. The molecule has 3 rings (SSSR count). The lowest BCUT2D eigenvalue weighted by atomic mass is 9.97. The normalized spacial score (nSPS) is 25.3. The lowest BCUT2D eigenvalue weighted by molar-refractivity contribution is -0.167. The van der Waals surface area contributed by atoms with E-state index >= 15 is 0 Å². The second kappa shape index (κ2) is 6.65. The van der Waals surface area contributed by atoms with Crippen molar-refractivity contribution in [1.82, 2.24) is 14.5 Å². The van der Waals surface area contributed by atoms with Crippen molar-refractivity contribution in [3.05, 3.63) is 15.9 Å². The number of esters is 2. The number of nitrogens with two attached hydrogens (primary N) is 1. The Morgan fingerprint density at radius 2 is 2.19 bits per heavy atom. The first-order valence-electron chi connectivity index (χ1n) is 7.81. The smallest absolute Gasteiger partial charge is 0.311 e. The number of fused-ring (bicyclic) bond motifs is 1. The van der Waals surface area contributed by atoms with Gasteiger partial charge < -0.3 is 19.9 Å². The van der Waals surface area contributed by atoms with E-state index in [4.69, 9.17) is 19.9 Å². The number of ether oxygens (including phenoxy) is 3. The van der Waals surface area contributed by atoms with Crippen molar-refractivity contribution in [2.75, 3.05) is 12.3 Å². The van der Waals surface area contributed by atoms with E-state index in [-0.39, 0.29) is 23.8 Å². The summed E-state index contributed by atoms with van der Waals surface area (Å²) in [5, 5.41) is 0. The van der Waals surface area contributed by atoms with Crippen molar-refractivity contribution in [3.63, 3.8) is 0 Å². The molecule has 0 radical (unpaired) electrons. The maximum atomic E-state index is 12.4. The summed E-state index contributed by atoms with van der Waals surface area (Å²) in [5.74, 6) is -0.958. The fraction of sp³-hybridized carbons (Fsp3) is 0.533. The van der Waals surface area contributed by atoms with Crippen LogP contribution in [0.5, 0.6) is 0 Å². The maximum Gasteiger partial charge on any atom is 0.311 e.